The third-order valence-electron chi connectivity index (χ3n) is 5.21. The van der Waals surface area contributed by atoms with Crippen LogP contribution in [0.1, 0.15) is 17.5 Å². The van der Waals surface area contributed by atoms with E-state index in [4.69, 9.17) is 0 Å². The molecule has 1 fully saturated rings. The highest BCUT2D eigenvalue weighted by Gasteiger charge is 2.36. The van der Waals surface area contributed by atoms with E-state index in [0.717, 1.165) is 13.0 Å². The van der Waals surface area contributed by atoms with Crippen LogP contribution in [0.25, 0.3) is 0 Å². The number of carbonyl (C=O) groups excluding carboxylic acids is 1. The molecule has 1 atom stereocenters. The fourth-order valence-electron chi connectivity index (χ4n) is 3.91. The Labute approximate surface area is 147 Å². The molecule has 1 saturated heterocycles. The zero-order chi connectivity index (χ0) is 17.4. The van der Waals surface area contributed by atoms with Crippen molar-refractivity contribution in [2.75, 3.05) is 30.4 Å². The zero-order valence-corrected chi connectivity index (χ0v) is 14.3. The van der Waals surface area contributed by atoms with E-state index in [0.29, 0.717) is 25.2 Å². The van der Waals surface area contributed by atoms with Crippen LogP contribution in [0.3, 0.4) is 0 Å². The molecule has 1 unspecified atom stereocenters. The Morgan fingerprint density at radius 1 is 1.24 bits per heavy atom. The number of halogens is 1. The third-order valence-corrected chi connectivity index (χ3v) is 5.21. The number of para-hydroxylation sites is 2. The second-order valence-corrected chi connectivity index (χ2v) is 6.79. The molecule has 1 amide bonds. The second-order valence-electron chi connectivity index (χ2n) is 6.79. The van der Waals surface area contributed by atoms with Crippen LogP contribution in [0, 0.1) is 5.82 Å². The van der Waals surface area contributed by atoms with Gasteiger partial charge in [-0.2, -0.15) is 0 Å². The summed E-state index contributed by atoms with van der Waals surface area (Å²) in [6, 6.07) is 12.6. The SMILES string of the molecule is CN(Cc1cccc2c1NCC2)C1CCN(c2ccccc2F)C1=O. The van der Waals surface area contributed by atoms with Crippen molar-refractivity contribution in [3.8, 4) is 0 Å². The van der Waals surface area contributed by atoms with Gasteiger partial charge in [-0.25, -0.2) is 4.39 Å². The van der Waals surface area contributed by atoms with E-state index in [1.807, 2.05) is 7.05 Å². The standard InChI is InChI=1S/C20H22FN3O/c1-23(13-15-6-4-5-14-9-11-22-19(14)15)18-10-12-24(20(18)25)17-8-3-2-7-16(17)21/h2-8,18,22H,9-13H2,1H3. The van der Waals surface area contributed by atoms with Crippen molar-refractivity contribution in [2.24, 2.45) is 0 Å². The van der Waals surface area contributed by atoms with Gasteiger partial charge in [-0.15, -0.1) is 0 Å². The third kappa shape index (κ3) is 2.89. The molecule has 0 radical (unpaired) electrons. The molecule has 0 aliphatic carbocycles. The normalized spacial score (nSPS) is 19.4. The first-order valence-corrected chi connectivity index (χ1v) is 8.76. The average molecular weight is 339 g/mol. The molecular formula is C20H22FN3O. The number of carbonyl (C=O) groups is 1. The van der Waals surface area contributed by atoms with Gasteiger partial charge in [0.2, 0.25) is 5.91 Å². The number of likely N-dealkylation sites (N-methyl/N-ethyl adjacent to an activating group) is 1. The van der Waals surface area contributed by atoms with Crippen molar-refractivity contribution in [1.82, 2.24) is 4.90 Å². The van der Waals surface area contributed by atoms with Gasteiger partial charge in [-0.1, -0.05) is 30.3 Å². The number of hydrogen-bond acceptors (Lipinski definition) is 3. The molecule has 0 saturated carbocycles. The highest BCUT2D eigenvalue weighted by molar-refractivity contribution is 5.99. The van der Waals surface area contributed by atoms with E-state index in [9.17, 15) is 9.18 Å². The van der Waals surface area contributed by atoms with E-state index < -0.39 is 0 Å². The minimum absolute atomic E-state index is 0.0202. The molecule has 0 spiro atoms. The summed E-state index contributed by atoms with van der Waals surface area (Å²) >= 11 is 0. The molecule has 130 valence electrons. The molecule has 4 nitrogen and oxygen atoms in total. The van der Waals surface area contributed by atoms with Crippen LogP contribution < -0.4 is 10.2 Å². The first kappa shape index (κ1) is 16.1. The van der Waals surface area contributed by atoms with Crippen molar-refractivity contribution < 1.29 is 9.18 Å². The molecule has 2 aliphatic rings. The van der Waals surface area contributed by atoms with Crippen molar-refractivity contribution in [2.45, 2.75) is 25.4 Å². The Morgan fingerprint density at radius 2 is 2.08 bits per heavy atom. The molecule has 25 heavy (non-hydrogen) atoms. The first-order valence-electron chi connectivity index (χ1n) is 8.76. The predicted octanol–water partition coefficient (Wildman–Crippen LogP) is 3.03. The molecule has 2 aliphatic heterocycles. The minimum atomic E-state index is -0.343. The van der Waals surface area contributed by atoms with E-state index in [1.54, 1.807) is 23.1 Å². The lowest BCUT2D eigenvalue weighted by molar-refractivity contribution is -0.121. The largest absolute Gasteiger partial charge is 0.384 e. The van der Waals surface area contributed by atoms with Crippen molar-refractivity contribution in [1.29, 1.82) is 0 Å². The minimum Gasteiger partial charge on any atom is -0.384 e. The monoisotopic (exact) mass is 339 g/mol. The van der Waals surface area contributed by atoms with Crippen molar-refractivity contribution in [3.05, 3.63) is 59.4 Å². The molecule has 0 bridgehead atoms. The fourth-order valence-corrected chi connectivity index (χ4v) is 3.91. The number of amides is 1. The maximum absolute atomic E-state index is 14.0. The van der Waals surface area contributed by atoms with Crippen LogP contribution in [0.2, 0.25) is 0 Å². The number of fused-ring (bicyclic) bond motifs is 1. The molecule has 2 heterocycles. The Hall–Kier alpha value is -2.40. The Kier molecular flexibility index (Phi) is 4.17. The van der Waals surface area contributed by atoms with E-state index in [2.05, 4.69) is 28.4 Å². The van der Waals surface area contributed by atoms with Crippen molar-refractivity contribution in [3.63, 3.8) is 0 Å². The summed E-state index contributed by atoms with van der Waals surface area (Å²) in [7, 11) is 1.97. The lowest BCUT2D eigenvalue weighted by atomic mass is 10.1. The average Bonchev–Trinajstić information content (AvgIpc) is 3.23. The quantitative estimate of drug-likeness (QED) is 0.930. The Morgan fingerprint density at radius 3 is 2.92 bits per heavy atom. The van der Waals surface area contributed by atoms with Crippen LogP contribution in [0.15, 0.2) is 42.5 Å². The highest BCUT2D eigenvalue weighted by Crippen LogP contribution is 2.30. The number of hydrogen-bond donors (Lipinski definition) is 1. The van der Waals surface area contributed by atoms with Crippen LogP contribution in [0.4, 0.5) is 15.8 Å². The van der Waals surface area contributed by atoms with Gasteiger partial charge in [0, 0.05) is 25.3 Å². The lowest BCUT2D eigenvalue weighted by Crippen LogP contribution is -2.39. The van der Waals surface area contributed by atoms with Gasteiger partial charge >= 0.3 is 0 Å². The number of nitrogens with one attached hydrogen (secondary N) is 1. The first-order chi connectivity index (χ1) is 12.1. The summed E-state index contributed by atoms with van der Waals surface area (Å²) in [5, 5.41) is 3.45. The zero-order valence-electron chi connectivity index (χ0n) is 14.3. The summed E-state index contributed by atoms with van der Waals surface area (Å²) in [5.74, 6) is -0.364. The van der Waals surface area contributed by atoms with E-state index in [1.165, 1.54) is 22.9 Å². The summed E-state index contributed by atoms with van der Waals surface area (Å²) in [5.41, 5.74) is 4.16. The maximum Gasteiger partial charge on any atom is 0.244 e. The lowest BCUT2D eigenvalue weighted by Gasteiger charge is -2.25. The Balaban J connectivity index is 1.50. The van der Waals surface area contributed by atoms with Crippen LogP contribution in [-0.2, 0) is 17.8 Å². The topological polar surface area (TPSA) is 35.6 Å². The van der Waals surface area contributed by atoms with Crippen LogP contribution >= 0.6 is 0 Å². The predicted molar refractivity (Wildman–Crippen MR) is 97.3 cm³/mol. The molecule has 5 heteroatoms. The summed E-state index contributed by atoms with van der Waals surface area (Å²) in [4.78, 5) is 16.5. The number of anilines is 2. The van der Waals surface area contributed by atoms with Gasteiger partial charge in [-0.3, -0.25) is 9.69 Å². The number of nitrogens with zero attached hydrogens (tertiary/aromatic N) is 2. The molecular weight excluding hydrogens is 317 g/mol. The van der Waals surface area contributed by atoms with E-state index >= 15 is 0 Å². The molecule has 2 aromatic rings. The van der Waals surface area contributed by atoms with Crippen LogP contribution in [0.5, 0.6) is 0 Å². The second kappa shape index (κ2) is 6.48. The summed E-state index contributed by atoms with van der Waals surface area (Å²) in [6.45, 7) is 2.23. The van der Waals surface area contributed by atoms with Gasteiger partial charge in [0.25, 0.3) is 0 Å². The molecule has 2 aromatic carbocycles. The molecule has 1 N–H and O–H groups in total. The summed E-state index contributed by atoms with van der Waals surface area (Å²) < 4.78 is 14.0. The summed E-state index contributed by atoms with van der Waals surface area (Å²) in [6.07, 6.45) is 1.77. The van der Waals surface area contributed by atoms with E-state index in [-0.39, 0.29) is 17.8 Å². The highest BCUT2D eigenvalue weighted by atomic mass is 19.1. The molecule has 0 aromatic heterocycles. The van der Waals surface area contributed by atoms with Crippen LogP contribution in [-0.4, -0.2) is 37.0 Å². The van der Waals surface area contributed by atoms with Gasteiger partial charge < -0.3 is 10.2 Å². The number of benzene rings is 2. The fraction of sp³-hybridized carbons (Fsp3) is 0.350. The van der Waals surface area contributed by atoms with Gasteiger partial charge in [0.05, 0.1) is 11.7 Å². The van der Waals surface area contributed by atoms with Crippen molar-refractivity contribution >= 4 is 17.3 Å². The maximum atomic E-state index is 14.0. The number of rotatable bonds is 4. The van der Waals surface area contributed by atoms with Gasteiger partial charge in [0.15, 0.2) is 0 Å². The Bertz CT molecular complexity index is 807. The van der Waals surface area contributed by atoms with Gasteiger partial charge in [-0.05, 0) is 43.1 Å². The van der Waals surface area contributed by atoms with Gasteiger partial charge in [0.1, 0.15) is 5.82 Å². The molecule has 4 rings (SSSR count). The smallest absolute Gasteiger partial charge is 0.244 e.